The SMILES string of the molecule is CC1(c2ccc3ccccc3c2O)c2c(ccc3cc(O)ccc23)Oc2ccc3cc(O)ccc3c21. The van der Waals surface area contributed by atoms with Crippen molar-refractivity contribution in [2.45, 2.75) is 12.3 Å². The summed E-state index contributed by atoms with van der Waals surface area (Å²) in [5, 5.41) is 37.4. The molecule has 174 valence electrons. The zero-order valence-corrected chi connectivity index (χ0v) is 19.5. The van der Waals surface area contributed by atoms with Gasteiger partial charge in [-0.15, -0.1) is 0 Å². The van der Waals surface area contributed by atoms with Gasteiger partial charge in [0.15, 0.2) is 0 Å². The van der Waals surface area contributed by atoms with E-state index in [1.807, 2.05) is 72.8 Å². The Balaban J connectivity index is 1.68. The third-order valence-electron chi connectivity index (χ3n) is 7.59. The molecular weight excluding hydrogens is 448 g/mol. The second-order valence-corrected chi connectivity index (χ2v) is 9.60. The number of hydrogen-bond donors (Lipinski definition) is 3. The standard InChI is InChI=1S/C32H22O4/c1-32(26-13-6-18-4-2-3-5-25(18)31(26)35)29-23-11-9-21(33)16-19(23)7-14-27(29)36-28-15-8-20-17-22(34)10-12-24(20)30(28)32/h2-17,33-35H,1H3. The smallest absolute Gasteiger partial charge is 0.132 e. The molecule has 1 aliphatic rings. The highest BCUT2D eigenvalue weighted by atomic mass is 16.5. The number of ether oxygens (including phenoxy) is 1. The second-order valence-electron chi connectivity index (χ2n) is 9.60. The average Bonchev–Trinajstić information content (AvgIpc) is 2.88. The maximum atomic E-state index is 11.7. The minimum Gasteiger partial charge on any atom is -0.508 e. The van der Waals surface area contributed by atoms with Crippen LogP contribution in [0.3, 0.4) is 0 Å². The molecule has 7 rings (SSSR count). The lowest BCUT2D eigenvalue weighted by atomic mass is 9.66. The van der Waals surface area contributed by atoms with Gasteiger partial charge >= 0.3 is 0 Å². The molecule has 1 aliphatic heterocycles. The molecule has 0 aromatic heterocycles. The Kier molecular flexibility index (Phi) is 4.10. The van der Waals surface area contributed by atoms with Crippen LogP contribution in [-0.4, -0.2) is 15.3 Å². The summed E-state index contributed by atoms with van der Waals surface area (Å²) in [5.41, 5.74) is 1.77. The van der Waals surface area contributed by atoms with Crippen molar-refractivity contribution >= 4 is 32.3 Å². The molecular formula is C32H22O4. The number of benzene rings is 6. The molecule has 4 nitrogen and oxygen atoms in total. The van der Waals surface area contributed by atoms with E-state index in [2.05, 4.69) is 6.92 Å². The first-order chi connectivity index (χ1) is 17.4. The van der Waals surface area contributed by atoms with E-state index < -0.39 is 5.41 Å². The van der Waals surface area contributed by atoms with Crippen LogP contribution < -0.4 is 4.74 Å². The van der Waals surface area contributed by atoms with Gasteiger partial charge in [-0.2, -0.15) is 0 Å². The van der Waals surface area contributed by atoms with Crippen molar-refractivity contribution in [3.8, 4) is 28.7 Å². The summed E-state index contributed by atoms with van der Waals surface area (Å²) in [5.74, 6) is 2.01. The fraction of sp³-hybridized carbons (Fsp3) is 0.0625. The Morgan fingerprint density at radius 1 is 0.556 bits per heavy atom. The first kappa shape index (κ1) is 20.7. The van der Waals surface area contributed by atoms with Gasteiger partial charge in [-0.1, -0.05) is 60.7 Å². The summed E-state index contributed by atoms with van der Waals surface area (Å²) < 4.78 is 6.49. The minimum absolute atomic E-state index is 0.191. The van der Waals surface area contributed by atoms with Gasteiger partial charge in [0.1, 0.15) is 28.7 Å². The third-order valence-corrected chi connectivity index (χ3v) is 7.59. The molecule has 0 unspecified atom stereocenters. The normalized spacial score (nSPS) is 13.9. The van der Waals surface area contributed by atoms with Crippen molar-refractivity contribution in [2.75, 3.05) is 0 Å². The molecule has 0 saturated carbocycles. The first-order valence-corrected chi connectivity index (χ1v) is 11.9. The molecule has 0 spiro atoms. The maximum Gasteiger partial charge on any atom is 0.132 e. The Bertz CT molecular complexity index is 1780. The lowest BCUT2D eigenvalue weighted by Crippen LogP contribution is -2.30. The Hall–Kier alpha value is -4.70. The summed E-state index contributed by atoms with van der Waals surface area (Å²) in [7, 11) is 0. The minimum atomic E-state index is -0.815. The molecule has 0 radical (unpaired) electrons. The summed E-state index contributed by atoms with van der Waals surface area (Å²) in [6.07, 6.45) is 0. The Morgan fingerprint density at radius 2 is 1.11 bits per heavy atom. The fourth-order valence-corrected chi connectivity index (χ4v) is 5.97. The van der Waals surface area contributed by atoms with E-state index in [1.165, 1.54) is 0 Å². The Morgan fingerprint density at radius 3 is 1.72 bits per heavy atom. The van der Waals surface area contributed by atoms with Gasteiger partial charge in [0.05, 0.1) is 5.41 Å². The number of phenolic OH excluding ortho intramolecular Hbond substituents is 3. The van der Waals surface area contributed by atoms with E-state index in [9.17, 15) is 15.3 Å². The second kappa shape index (κ2) is 7.15. The van der Waals surface area contributed by atoms with Gasteiger partial charge < -0.3 is 20.1 Å². The van der Waals surface area contributed by atoms with Crippen molar-refractivity contribution in [3.05, 3.63) is 114 Å². The van der Waals surface area contributed by atoms with Crippen LogP contribution in [0.15, 0.2) is 97.1 Å². The van der Waals surface area contributed by atoms with Crippen LogP contribution in [-0.2, 0) is 5.41 Å². The van der Waals surface area contributed by atoms with E-state index in [-0.39, 0.29) is 17.2 Å². The molecule has 36 heavy (non-hydrogen) atoms. The molecule has 0 bridgehead atoms. The topological polar surface area (TPSA) is 69.9 Å². The highest BCUT2D eigenvalue weighted by Crippen LogP contribution is 2.58. The van der Waals surface area contributed by atoms with Crippen LogP contribution >= 0.6 is 0 Å². The molecule has 1 heterocycles. The van der Waals surface area contributed by atoms with Crippen LogP contribution in [0.1, 0.15) is 23.6 Å². The summed E-state index contributed by atoms with van der Waals surface area (Å²) >= 11 is 0. The average molecular weight is 471 g/mol. The number of phenols is 3. The van der Waals surface area contributed by atoms with Gasteiger partial charge in [-0.25, -0.2) is 0 Å². The number of rotatable bonds is 1. The van der Waals surface area contributed by atoms with Crippen LogP contribution in [0.5, 0.6) is 28.7 Å². The summed E-state index contributed by atoms with van der Waals surface area (Å²) in [4.78, 5) is 0. The van der Waals surface area contributed by atoms with Gasteiger partial charge in [-0.3, -0.25) is 0 Å². The zero-order chi connectivity index (χ0) is 24.6. The lowest BCUT2D eigenvalue weighted by molar-refractivity contribution is 0.420. The van der Waals surface area contributed by atoms with Crippen molar-refractivity contribution in [2.24, 2.45) is 0 Å². The zero-order valence-electron chi connectivity index (χ0n) is 19.5. The lowest BCUT2D eigenvalue weighted by Gasteiger charge is -2.40. The van der Waals surface area contributed by atoms with E-state index in [0.29, 0.717) is 11.5 Å². The van der Waals surface area contributed by atoms with E-state index in [0.717, 1.165) is 49.0 Å². The van der Waals surface area contributed by atoms with Crippen molar-refractivity contribution in [1.82, 2.24) is 0 Å². The molecule has 0 aliphatic carbocycles. The molecule has 0 amide bonds. The van der Waals surface area contributed by atoms with Crippen LogP contribution in [0.25, 0.3) is 32.3 Å². The van der Waals surface area contributed by atoms with E-state index in [1.54, 1.807) is 24.3 Å². The highest BCUT2D eigenvalue weighted by Gasteiger charge is 2.44. The molecule has 0 saturated heterocycles. The quantitative estimate of drug-likeness (QED) is 0.230. The predicted molar refractivity (Wildman–Crippen MR) is 142 cm³/mol. The summed E-state index contributed by atoms with van der Waals surface area (Å²) in [6.45, 7) is 2.12. The van der Waals surface area contributed by atoms with Gasteiger partial charge in [-0.05, 0) is 70.3 Å². The van der Waals surface area contributed by atoms with E-state index >= 15 is 0 Å². The number of fused-ring (bicyclic) bond motifs is 7. The monoisotopic (exact) mass is 470 g/mol. The first-order valence-electron chi connectivity index (χ1n) is 11.9. The largest absolute Gasteiger partial charge is 0.508 e. The van der Waals surface area contributed by atoms with Gasteiger partial charge in [0.2, 0.25) is 0 Å². The van der Waals surface area contributed by atoms with Crippen molar-refractivity contribution in [1.29, 1.82) is 0 Å². The Labute approximate surface area is 207 Å². The van der Waals surface area contributed by atoms with Crippen LogP contribution in [0.4, 0.5) is 0 Å². The molecule has 0 fully saturated rings. The van der Waals surface area contributed by atoms with E-state index in [4.69, 9.17) is 4.74 Å². The number of hydrogen-bond acceptors (Lipinski definition) is 4. The van der Waals surface area contributed by atoms with Gasteiger partial charge in [0, 0.05) is 22.1 Å². The number of aromatic hydroxyl groups is 3. The highest BCUT2D eigenvalue weighted by molar-refractivity contribution is 5.99. The van der Waals surface area contributed by atoms with Crippen molar-refractivity contribution < 1.29 is 20.1 Å². The molecule has 6 aromatic carbocycles. The van der Waals surface area contributed by atoms with Crippen LogP contribution in [0, 0.1) is 0 Å². The predicted octanol–water partition coefficient (Wildman–Crippen LogP) is 7.72. The van der Waals surface area contributed by atoms with Gasteiger partial charge in [0.25, 0.3) is 0 Å². The molecule has 0 atom stereocenters. The molecule has 3 N–H and O–H groups in total. The fourth-order valence-electron chi connectivity index (χ4n) is 5.97. The summed E-state index contributed by atoms with van der Waals surface area (Å²) in [6, 6.07) is 30.2. The van der Waals surface area contributed by atoms with Crippen molar-refractivity contribution in [3.63, 3.8) is 0 Å². The molecule has 6 aromatic rings. The third kappa shape index (κ3) is 2.70. The maximum absolute atomic E-state index is 11.7. The van der Waals surface area contributed by atoms with Crippen LogP contribution in [0.2, 0.25) is 0 Å². The molecule has 4 heteroatoms.